The summed E-state index contributed by atoms with van der Waals surface area (Å²) in [6.45, 7) is 4.03. The molecule has 0 spiro atoms. The number of hydrogen-bond acceptors (Lipinski definition) is 4. The Morgan fingerprint density at radius 2 is 2.20 bits per heavy atom. The highest BCUT2D eigenvalue weighted by Gasteiger charge is 2.33. The number of nitrogens with one attached hydrogen (secondary N) is 2. The van der Waals surface area contributed by atoms with Crippen molar-refractivity contribution < 1.29 is 0 Å². The number of aryl methyl sites for hydroxylation is 1. The van der Waals surface area contributed by atoms with Gasteiger partial charge in [0, 0.05) is 24.8 Å². The first-order chi connectivity index (χ1) is 9.83. The molecule has 2 heterocycles. The first-order valence-electron chi connectivity index (χ1n) is 8.08. The van der Waals surface area contributed by atoms with Crippen LogP contribution in [0.15, 0.2) is 12.3 Å². The van der Waals surface area contributed by atoms with Gasteiger partial charge in [-0.05, 0) is 51.1 Å². The Hall–Kier alpha value is -1.00. The standard InChI is InChI=1S/C16H26N4/c1-12-17-10-8-13(20-12)11-19-16-7-4-5-14(16)15-6-2-3-9-18-15/h8,10,14-16,18-19H,2-7,9,11H2,1H3. The van der Waals surface area contributed by atoms with Gasteiger partial charge in [-0.15, -0.1) is 0 Å². The van der Waals surface area contributed by atoms with Crippen LogP contribution in [-0.2, 0) is 6.54 Å². The lowest BCUT2D eigenvalue weighted by atomic mass is 9.88. The topological polar surface area (TPSA) is 49.8 Å². The SMILES string of the molecule is Cc1nccc(CNC2CCCC2C2CCCCN2)n1. The second-order valence-corrected chi connectivity index (χ2v) is 6.23. The summed E-state index contributed by atoms with van der Waals surface area (Å²) >= 11 is 0. The van der Waals surface area contributed by atoms with Crippen LogP contribution >= 0.6 is 0 Å². The van der Waals surface area contributed by atoms with E-state index in [0.29, 0.717) is 6.04 Å². The molecule has 1 aromatic heterocycles. The Balaban J connectivity index is 1.55. The molecule has 0 radical (unpaired) electrons. The van der Waals surface area contributed by atoms with Gasteiger partial charge in [-0.2, -0.15) is 0 Å². The van der Waals surface area contributed by atoms with E-state index in [1.807, 2.05) is 19.2 Å². The Bertz CT molecular complexity index is 428. The molecule has 1 saturated heterocycles. The van der Waals surface area contributed by atoms with Crippen LogP contribution in [-0.4, -0.2) is 28.6 Å². The molecule has 110 valence electrons. The highest BCUT2D eigenvalue weighted by atomic mass is 15.0. The number of nitrogens with zero attached hydrogens (tertiary/aromatic N) is 2. The highest BCUT2D eigenvalue weighted by Crippen LogP contribution is 2.31. The molecule has 1 aliphatic carbocycles. The van der Waals surface area contributed by atoms with Gasteiger partial charge in [-0.3, -0.25) is 0 Å². The van der Waals surface area contributed by atoms with Gasteiger partial charge in [0.1, 0.15) is 5.82 Å². The molecule has 4 nitrogen and oxygen atoms in total. The Labute approximate surface area is 121 Å². The first kappa shape index (κ1) is 14.0. The van der Waals surface area contributed by atoms with Crippen LogP contribution in [0.4, 0.5) is 0 Å². The average Bonchev–Trinajstić information content (AvgIpc) is 2.95. The predicted molar refractivity (Wildman–Crippen MR) is 80.4 cm³/mol. The summed E-state index contributed by atoms with van der Waals surface area (Å²) < 4.78 is 0. The zero-order valence-corrected chi connectivity index (χ0v) is 12.4. The van der Waals surface area contributed by atoms with Crippen molar-refractivity contribution in [2.45, 2.75) is 64.1 Å². The van der Waals surface area contributed by atoms with Crippen LogP contribution in [0.1, 0.15) is 50.0 Å². The molecule has 0 bridgehead atoms. The maximum absolute atomic E-state index is 4.48. The van der Waals surface area contributed by atoms with Gasteiger partial charge in [0.2, 0.25) is 0 Å². The largest absolute Gasteiger partial charge is 0.314 e. The lowest BCUT2D eigenvalue weighted by Gasteiger charge is -2.33. The summed E-state index contributed by atoms with van der Waals surface area (Å²) in [7, 11) is 0. The van der Waals surface area contributed by atoms with E-state index >= 15 is 0 Å². The maximum atomic E-state index is 4.48. The molecule has 3 rings (SSSR count). The summed E-state index contributed by atoms with van der Waals surface area (Å²) in [6.07, 6.45) is 10.0. The fraction of sp³-hybridized carbons (Fsp3) is 0.750. The minimum Gasteiger partial charge on any atom is -0.314 e. The number of piperidine rings is 1. The van der Waals surface area contributed by atoms with Crippen molar-refractivity contribution in [1.82, 2.24) is 20.6 Å². The van der Waals surface area contributed by atoms with Crippen LogP contribution in [0.2, 0.25) is 0 Å². The minimum absolute atomic E-state index is 0.654. The quantitative estimate of drug-likeness (QED) is 0.883. The fourth-order valence-electron chi connectivity index (χ4n) is 3.81. The molecule has 4 heteroatoms. The summed E-state index contributed by atoms with van der Waals surface area (Å²) in [5, 5.41) is 7.47. The highest BCUT2D eigenvalue weighted by molar-refractivity contribution is 5.02. The van der Waals surface area contributed by atoms with Gasteiger partial charge >= 0.3 is 0 Å². The van der Waals surface area contributed by atoms with Crippen molar-refractivity contribution in [3.05, 3.63) is 23.8 Å². The van der Waals surface area contributed by atoms with Crippen molar-refractivity contribution in [3.63, 3.8) is 0 Å². The Kier molecular flexibility index (Phi) is 4.63. The van der Waals surface area contributed by atoms with Crippen molar-refractivity contribution >= 4 is 0 Å². The van der Waals surface area contributed by atoms with Crippen molar-refractivity contribution in [2.24, 2.45) is 5.92 Å². The number of hydrogen-bond donors (Lipinski definition) is 2. The summed E-state index contributed by atoms with van der Waals surface area (Å²) in [4.78, 5) is 8.64. The summed E-state index contributed by atoms with van der Waals surface area (Å²) in [6, 6.07) is 3.40. The zero-order chi connectivity index (χ0) is 13.8. The molecular weight excluding hydrogens is 248 g/mol. The third-order valence-corrected chi connectivity index (χ3v) is 4.81. The first-order valence-corrected chi connectivity index (χ1v) is 8.08. The molecule has 3 atom stereocenters. The lowest BCUT2D eigenvalue weighted by molar-refractivity contribution is 0.256. The minimum atomic E-state index is 0.654. The molecular formula is C16H26N4. The molecule has 2 aliphatic rings. The molecule has 0 amide bonds. The second kappa shape index (κ2) is 6.64. The molecule has 2 N–H and O–H groups in total. The lowest BCUT2D eigenvalue weighted by Crippen LogP contribution is -2.46. The zero-order valence-electron chi connectivity index (χ0n) is 12.4. The van der Waals surface area contributed by atoms with E-state index in [9.17, 15) is 0 Å². The van der Waals surface area contributed by atoms with Crippen LogP contribution in [0.3, 0.4) is 0 Å². The Morgan fingerprint density at radius 3 is 3.00 bits per heavy atom. The van der Waals surface area contributed by atoms with Crippen LogP contribution in [0.25, 0.3) is 0 Å². The average molecular weight is 274 g/mol. The predicted octanol–water partition coefficient (Wildman–Crippen LogP) is 2.19. The molecule has 1 aromatic rings. The van der Waals surface area contributed by atoms with Gasteiger partial charge in [0.05, 0.1) is 5.69 Å². The monoisotopic (exact) mass is 274 g/mol. The van der Waals surface area contributed by atoms with Gasteiger partial charge in [0.25, 0.3) is 0 Å². The van der Waals surface area contributed by atoms with Crippen molar-refractivity contribution in [1.29, 1.82) is 0 Å². The van der Waals surface area contributed by atoms with E-state index in [1.165, 1.54) is 45.1 Å². The fourth-order valence-corrected chi connectivity index (χ4v) is 3.81. The molecule has 0 aromatic carbocycles. The summed E-state index contributed by atoms with van der Waals surface area (Å²) in [5.74, 6) is 1.67. The third kappa shape index (κ3) is 3.36. The molecule has 1 saturated carbocycles. The normalized spacial score (nSPS) is 30.6. The van der Waals surface area contributed by atoms with E-state index in [-0.39, 0.29) is 0 Å². The van der Waals surface area contributed by atoms with Crippen molar-refractivity contribution in [2.75, 3.05) is 6.54 Å². The van der Waals surface area contributed by atoms with Crippen LogP contribution in [0.5, 0.6) is 0 Å². The van der Waals surface area contributed by atoms with Crippen molar-refractivity contribution in [3.8, 4) is 0 Å². The smallest absolute Gasteiger partial charge is 0.125 e. The van der Waals surface area contributed by atoms with Gasteiger partial charge in [0.15, 0.2) is 0 Å². The molecule has 3 unspecified atom stereocenters. The molecule has 1 aliphatic heterocycles. The second-order valence-electron chi connectivity index (χ2n) is 6.23. The van der Waals surface area contributed by atoms with E-state index in [2.05, 4.69) is 20.6 Å². The maximum Gasteiger partial charge on any atom is 0.125 e. The van der Waals surface area contributed by atoms with Crippen LogP contribution in [0, 0.1) is 12.8 Å². The van der Waals surface area contributed by atoms with Gasteiger partial charge < -0.3 is 10.6 Å². The third-order valence-electron chi connectivity index (χ3n) is 4.81. The Morgan fingerprint density at radius 1 is 1.25 bits per heavy atom. The van der Waals surface area contributed by atoms with E-state index in [1.54, 1.807) is 0 Å². The summed E-state index contributed by atoms with van der Waals surface area (Å²) in [5.41, 5.74) is 1.11. The van der Waals surface area contributed by atoms with E-state index < -0.39 is 0 Å². The van der Waals surface area contributed by atoms with Crippen LogP contribution < -0.4 is 10.6 Å². The molecule has 20 heavy (non-hydrogen) atoms. The van der Waals surface area contributed by atoms with E-state index in [4.69, 9.17) is 0 Å². The number of rotatable bonds is 4. The number of aromatic nitrogens is 2. The van der Waals surface area contributed by atoms with E-state index in [0.717, 1.165) is 30.0 Å². The van der Waals surface area contributed by atoms with Gasteiger partial charge in [-0.25, -0.2) is 9.97 Å². The van der Waals surface area contributed by atoms with Gasteiger partial charge in [-0.1, -0.05) is 12.8 Å². The molecule has 2 fully saturated rings.